The molecule has 0 saturated heterocycles. The van der Waals surface area contributed by atoms with Gasteiger partial charge in [-0.15, -0.1) is 0 Å². The minimum atomic E-state index is -1.03. The Balaban J connectivity index is 2.55. The summed E-state index contributed by atoms with van der Waals surface area (Å²) in [6.45, 7) is 6.34. The van der Waals surface area contributed by atoms with Crippen LogP contribution in [0.25, 0.3) is 0 Å². The van der Waals surface area contributed by atoms with Crippen LogP contribution in [0.1, 0.15) is 36.7 Å². The lowest BCUT2D eigenvalue weighted by atomic mass is 9.63. The third-order valence-corrected chi connectivity index (χ3v) is 3.57. The first-order valence-electron chi connectivity index (χ1n) is 5.72. The van der Waals surface area contributed by atoms with Crippen LogP contribution in [-0.4, -0.2) is 26.6 Å². The van der Waals surface area contributed by atoms with Gasteiger partial charge >= 0.3 is 5.97 Å². The SMILES string of the molecule is CCn1nc(C)c(C2(C(=O)O)CC(=O)C2)c1C. The molecule has 0 unspecified atom stereocenters. The predicted molar refractivity (Wildman–Crippen MR) is 60.9 cm³/mol. The normalized spacial score (nSPS) is 17.9. The van der Waals surface area contributed by atoms with E-state index < -0.39 is 11.4 Å². The highest BCUT2D eigenvalue weighted by Gasteiger charge is 2.54. The number of ketones is 1. The lowest BCUT2D eigenvalue weighted by molar-refractivity contribution is -0.153. The number of hydrogen-bond donors (Lipinski definition) is 1. The third-order valence-electron chi connectivity index (χ3n) is 3.57. The summed E-state index contributed by atoms with van der Waals surface area (Å²) < 4.78 is 1.79. The molecule has 0 radical (unpaired) electrons. The Morgan fingerprint density at radius 3 is 2.41 bits per heavy atom. The highest BCUT2D eigenvalue weighted by Crippen LogP contribution is 2.44. The topological polar surface area (TPSA) is 72.2 Å². The van der Waals surface area contributed by atoms with E-state index in [0.29, 0.717) is 6.54 Å². The maximum absolute atomic E-state index is 11.5. The summed E-state index contributed by atoms with van der Waals surface area (Å²) in [5, 5.41) is 13.7. The Labute approximate surface area is 99.4 Å². The highest BCUT2D eigenvalue weighted by atomic mass is 16.4. The van der Waals surface area contributed by atoms with Crippen molar-refractivity contribution in [3.8, 4) is 0 Å². The Morgan fingerprint density at radius 2 is 2.06 bits per heavy atom. The van der Waals surface area contributed by atoms with Crippen molar-refractivity contribution in [3.05, 3.63) is 17.0 Å². The fourth-order valence-corrected chi connectivity index (χ4v) is 2.75. The van der Waals surface area contributed by atoms with Crippen molar-refractivity contribution in [1.82, 2.24) is 9.78 Å². The summed E-state index contributed by atoms with van der Waals surface area (Å²) in [5.41, 5.74) is 1.28. The molecule has 0 aromatic carbocycles. The van der Waals surface area contributed by atoms with Crippen LogP contribution in [0.2, 0.25) is 0 Å². The zero-order chi connectivity index (χ0) is 12.8. The summed E-state index contributed by atoms with van der Waals surface area (Å²) in [7, 11) is 0. The monoisotopic (exact) mass is 236 g/mol. The molecule has 5 heteroatoms. The van der Waals surface area contributed by atoms with E-state index in [1.54, 1.807) is 4.68 Å². The lowest BCUT2D eigenvalue weighted by Crippen LogP contribution is -2.49. The van der Waals surface area contributed by atoms with Gasteiger partial charge in [0.2, 0.25) is 0 Å². The molecule has 0 aliphatic heterocycles. The Hall–Kier alpha value is -1.65. The summed E-state index contributed by atoms with van der Waals surface area (Å²) >= 11 is 0. The van der Waals surface area contributed by atoms with Gasteiger partial charge in [0.25, 0.3) is 0 Å². The van der Waals surface area contributed by atoms with Gasteiger partial charge in [-0.25, -0.2) is 0 Å². The molecule has 92 valence electrons. The third kappa shape index (κ3) is 1.49. The van der Waals surface area contributed by atoms with Gasteiger partial charge in [-0.2, -0.15) is 5.10 Å². The maximum atomic E-state index is 11.5. The van der Waals surface area contributed by atoms with E-state index in [9.17, 15) is 14.7 Å². The first-order valence-corrected chi connectivity index (χ1v) is 5.72. The number of carbonyl (C=O) groups excluding carboxylic acids is 1. The van der Waals surface area contributed by atoms with E-state index >= 15 is 0 Å². The first-order chi connectivity index (χ1) is 7.92. The van der Waals surface area contributed by atoms with Crippen molar-refractivity contribution in [2.45, 2.75) is 45.6 Å². The number of aryl methyl sites for hydroxylation is 2. The average Bonchev–Trinajstić information content (AvgIpc) is 2.49. The van der Waals surface area contributed by atoms with Crippen LogP contribution in [0, 0.1) is 13.8 Å². The number of aliphatic carboxylic acids is 1. The van der Waals surface area contributed by atoms with E-state index in [-0.39, 0.29) is 18.6 Å². The zero-order valence-corrected chi connectivity index (χ0v) is 10.3. The van der Waals surface area contributed by atoms with E-state index in [2.05, 4.69) is 5.10 Å². The molecule has 1 aliphatic carbocycles. The Morgan fingerprint density at radius 1 is 1.47 bits per heavy atom. The van der Waals surface area contributed by atoms with Gasteiger partial charge in [0.05, 0.1) is 5.69 Å². The fraction of sp³-hybridized carbons (Fsp3) is 0.583. The van der Waals surface area contributed by atoms with E-state index in [4.69, 9.17) is 0 Å². The molecule has 0 amide bonds. The van der Waals surface area contributed by atoms with Crippen LogP contribution >= 0.6 is 0 Å². The Kier molecular flexibility index (Phi) is 2.56. The standard InChI is InChI=1S/C12H16N2O3/c1-4-14-8(3)10(7(2)13-14)12(11(16)17)5-9(15)6-12/h4-6H2,1-3H3,(H,16,17). The molecule has 1 aliphatic rings. The molecular weight excluding hydrogens is 220 g/mol. The molecule has 0 spiro atoms. The number of carboxylic acids is 1. The molecule has 2 rings (SSSR count). The van der Waals surface area contributed by atoms with E-state index in [1.165, 1.54) is 0 Å². The van der Waals surface area contributed by atoms with Crippen molar-refractivity contribution >= 4 is 11.8 Å². The first kappa shape index (κ1) is 11.8. The summed E-state index contributed by atoms with van der Waals surface area (Å²) in [6, 6.07) is 0. The minimum absolute atomic E-state index is 0.00967. The molecule has 1 aromatic rings. The van der Waals surface area contributed by atoms with Crippen LogP contribution < -0.4 is 0 Å². The molecule has 0 bridgehead atoms. The summed E-state index contributed by atoms with van der Waals surface area (Å²) in [6.07, 6.45) is 0.193. The largest absolute Gasteiger partial charge is 0.481 e. The quantitative estimate of drug-likeness (QED) is 0.856. The number of aromatic nitrogens is 2. The smallest absolute Gasteiger partial charge is 0.315 e. The van der Waals surface area contributed by atoms with Crippen molar-refractivity contribution < 1.29 is 14.7 Å². The molecule has 1 N–H and O–H groups in total. The van der Waals surface area contributed by atoms with Gasteiger partial charge < -0.3 is 5.11 Å². The van der Waals surface area contributed by atoms with Gasteiger partial charge in [-0.1, -0.05) is 0 Å². The van der Waals surface area contributed by atoms with Gasteiger partial charge in [-0.05, 0) is 20.8 Å². The van der Waals surface area contributed by atoms with Crippen LogP contribution in [0.3, 0.4) is 0 Å². The van der Waals surface area contributed by atoms with Crippen molar-refractivity contribution in [3.63, 3.8) is 0 Å². The zero-order valence-electron chi connectivity index (χ0n) is 10.3. The molecule has 1 fully saturated rings. The molecule has 0 atom stereocenters. The van der Waals surface area contributed by atoms with Crippen molar-refractivity contribution in [1.29, 1.82) is 0 Å². The lowest BCUT2D eigenvalue weighted by Gasteiger charge is -2.36. The van der Waals surface area contributed by atoms with Gasteiger partial charge in [0.15, 0.2) is 0 Å². The minimum Gasteiger partial charge on any atom is -0.481 e. The average molecular weight is 236 g/mol. The van der Waals surface area contributed by atoms with Gasteiger partial charge in [0, 0.05) is 30.6 Å². The number of hydrogen-bond acceptors (Lipinski definition) is 3. The summed E-state index contributed by atoms with van der Waals surface area (Å²) in [4.78, 5) is 22.7. The second-order valence-corrected chi connectivity index (χ2v) is 4.64. The molecular formula is C12H16N2O3. The molecule has 5 nitrogen and oxygen atoms in total. The van der Waals surface area contributed by atoms with Crippen LogP contribution in [-0.2, 0) is 21.5 Å². The van der Waals surface area contributed by atoms with Gasteiger partial charge in [0.1, 0.15) is 11.2 Å². The molecule has 1 heterocycles. The molecule has 17 heavy (non-hydrogen) atoms. The number of nitrogens with zero attached hydrogens (tertiary/aromatic N) is 2. The van der Waals surface area contributed by atoms with Crippen LogP contribution in [0.4, 0.5) is 0 Å². The molecule has 1 aromatic heterocycles. The predicted octanol–water partition coefficient (Wildman–Crippen LogP) is 1.21. The second kappa shape index (κ2) is 3.68. The van der Waals surface area contributed by atoms with Gasteiger partial charge in [-0.3, -0.25) is 14.3 Å². The van der Waals surface area contributed by atoms with Crippen molar-refractivity contribution in [2.24, 2.45) is 0 Å². The van der Waals surface area contributed by atoms with Crippen LogP contribution in [0.5, 0.6) is 0 Å². The van der Waals surface area contributed by atoms with Crippen molar-refractivity contribution in [2.75, 3.05) is 0 Å². The van der Waals surface area contributed by atoms with Crippen LogP contribution in [0.15, 0.2) is 0 Å². The second-order valence-electron chi connectivity index (χ2n) is 4.64. The number of carbonyl (C=O) groups is 2. The maximum Gasteiger partial charge on any atom is 0.315 e. The van der Waals surface area contributed by atoms with E-state index in [1.807, 2.05) is 20.8 Å². The number of rotatable bonds is 3. The highest BCUT2D eigenvalue weighted by molar-refractivity contribution is 6.01. The number of carboxylic acid groups (broad SMARTS) is 1. The fourth-order valence-electron chi connectivity index (χ4n) is 2.75. The summed E-state index contributed by atoms with van der Waals surface area (Å²) in [5.74, 6) is -0.908. The number of Topliss-reactive ketones (excluding diaryl/α,β-unsaturated/α-hetero) is 1. The Bertz CT molecular complexity index is 494. The molecule has 1 saturated carbocycles. The van der Waals surface area contributed by atoms with E-state index in [0.717, 1.165) is 17.0 Å².